The number of benzene rings is 1. The number of nitrogens with one attached hydrogen (secondary N) is 1. The van der Waals surface area contributed by atoms with E-state index in [4.69, 9.17) is 5.73 Å². The number of aryl methyl sites for hydroxylation is 1. The van der Waals surface area contributed by atoms with Gasteiger partial charge in [0.2, 0.25) is 0 Å². The van der Waals surface area contributed by atoms with Gasteiger partial charge in [0, 0.05) is 11.8 Å². The van der Waals surface area contributed by atoms with Crippen molar-refractivity contribution in [2.24, 2.45) is 5.73 Å². The lowest BCUT2D eigenvalue weighted by Gasteiger charge is -2.08. The van der Waals surface area contributed by atoms with Gasteiger partial charge in [-0.25, -0.2) is 9.97 Å². The summed E-state index contributed by atoms with van der Waals surface area (Å²) in [5.74, 6) is 0.815. The Balaban J connectivity index is 2.09. The van der Waals surface area contributed by atoms with Gasteiger partial charge in [0.05, 0.1) is 0 Å². The molecule has 0 saturated heterocycles. The highest BCUT2D eigenvalue weighted by atomic mass is 32.2. The third-order valence-electron chi connectivity index (χ3n) is 2.72. The van der Waals surface area contributed by atoms with Crippen LogP contribution < -0.4 is 11.1 Å². The van der Waals surface area contributed by atoms with Crippen molar-refractivity contribution in [1.29, 1.82) is 0 Å². The smallest absolute Gasteiger partial charge is 0.134 e. The van der Waals surface area contributed by atoms with Crippen molar-refractivity contribution in [3.8, 4) is 0 Å². The monoisotopic (exact) mass is 274 g/mol. The van der Waals surface area contributed by atoms with Crippen molar-refractivity contribution < 1.29 is 0 Å². The second-order valence-electron chi connectivity index (χ2n) is 4.16. The van der Waals surface area contributed by atoms with Gasteiger partial charge in [0.15, 0.2) is 0 Å². The fourth-order valence-electron chi connectivity index (χ4n) is 1.78. The van der Waals surface area contributed by atoms with Gasteiger partial charge in [-0.3, -0.25) is 0 Å². The molecule has 0 atom stereocenters. The average molecular weight is 274 g/mol. The maximum absolute atomic E-state index is 5.54. The number of thioether (sulfide) groups is 1. The molecular weight excluding hydrogens is 256 g/mol. The maximum atomic E-state index is 5.54. The van der Waals surface area contributed by atoms with E-state index in [0.717, 1.165) is 35.9 Å². The van der Waals surface area contributed by atoms with E-state index in [0.29, 0.717) is 0 Å². The summed E-state index contributed by atoms with van der Waals surface area (Å²) in [5.41, 5.74) is 7.86. The second kappa shape index (κ2) is 7.11. The van der Waals surface area contributed by atoms with Crippen LogP contribution in [0.1, 0.15) is 12.0 Å². The van der Waals surface area contributed by atoms with Gasteiger partial charge in [0.25, 0.3) is 0 Å². The van der Waals surface area contributed by atoms with Gasteiger partial charge in [-0.2, -0.15) is 0 Å². The fraction of sp³-hybridized carbons (Fsp3) is 0.286. The zero-order valence-corrected chi connectivity index (χ0v) is 11.8. The normalized spacial score (nSPS) is 10.4. The van der Waals surface area contributed by atoms with E-state index in [-0.39, 0.29) is 0 Å². The number of rotatable bonds is 6. The van der Waals surface area contributed by atoms with Crippen LogP contribution in [0.5, 0.6) is 0 Å². The Morgan fingerprint density at radius 3 is 2.95 bits per heavy atom. The molecule has 0 fully saturated rings. The van der Waals surface area contributed by atoms with Crippen molar-refractivity contribution in [3.05, 3.63) is 42.2 Å². The standard InChI is InChI=1S/C14H18N4S/c1-19-14-9-13(16-10-17-14)18-12-6-2-4-11(8-12)5-3-7-15/h2,4,6,8-10H,3,5,7,15H2,1H3,(H,16,17,18). The molecule has 1 aromatic heterocycles. The van der Waals surface area contributed by atoms with Crippen molar-refractivity contribution in [2.75, 3.05) is 18.1 Å². The summed E-state index contributed by atoms with van der Waals surface area (Å²) >= 11 is 1.60. The molecule has 0 aliphatic carbocycles. The van der Waals surface area contributed by atoms with Crippen LogP contribution in [-0.2, 0) is 6.42 Å². The number of nitrogens with zero attached hydrogens (tertiary/aromatic N) is 2. The second-order valence-corrected chi connectivity index (χ2v) is 4.99. The Bertz CT molecular complexity index is 530. The molecular formula is C14H18N4S. The Morgan fingerprint density at radius 2 is 2.16 bits per heavy atom. The first-order valence-corrected chi connectivity index (χ1v) is 7.46. The topological polar surface area (TPSA) is 63.8 Å². The van der Waals surface area contributed by atoms with Gasteiger partial charge in [-0.1, -0.05) is 12.1 Å². The lowest BCUT2D eigenvalue weighted by atomic mass is 10.1. The largest absolute Gasteiger partial charge is 0.340 e. The number of hydrogen-bond acceptors (Lipinski definition) is 5. The molecule has 2 aromatic rings. The predicted molar refractivity (Wildman–Crippen MR) is 80.9 cm³/mol. The van der Waals surface area contributed by atoms with Gasteiger partial charge in [-0.05, 0) is 43.3 Å². The van der Waals surface area contributed by atoms with Gasteiger partial charge in [-0.15, -0.1) is 11.8 Å². The van der Waals surface area contributed by atoms with Crippen molar-refractivity contribution in [3.63, 3.8) is 0 Å². The zero-order valence-electron chi connectivity index (χ0n) is 11.0. The average Bonchev–Trinajstić information content (AvgIpc) is 2.46. The first-order chi connectivity index (χ1) is 9.31. The fourth-order valence-corrected chi connectivity index (χ4v) is 2.16. The van der Waals surface area contributed by atoms with E-state index in [1.807, 2.05) is 24.5 Å². The number of anilines is 2. The van der Waals surface area contributed by atoms with E-state index < -0.39 is 0 Å². The summed E-state index contributed by atoms with van der Waals surface area (Å²) in [6.07, 6.45) is 5.59. The van der Waals surface area contributed by atoms with Crippen LogP contribution in [-0.4, -0.2) is 22.8 Å². The van der Waals surface area contributed by atoms with Gasteiger partial charge >= 0.3 is 0 Å². The van der Waals surface area contributed by atoms with Crippen LogP contribution in [0.15, 0.2) is 41.7 Å². The molecule has 4 nitrogen and oxygen atoms in total. The third kappa shape index (κ3) is 4.22. The highest BCUT2D eigenvalue weighted by molar-refractivity contribution is 7.98. The number of aromatic nitrogens is 2. The molecule has 5 heteroatoms. The van der Waals surface area contributed by atoms with Gasteiger partial charge < -0.3 is 11.1 Å². The molecule has 3 N–H and O–H groups in total. The lowest BCUT2D eigenvalue weighted by molar-refractivity contribution is 0.833. The van der Waals surface area contributed by atoms with E-state index >= 15 is 0 Å². The van der Waals surface area contributed by atoms with Crippen molar-refractivity contribution in [2.45, 2.75) is 17.9 Å². The molecule has 0 aliphatic heterocycles. The van der Waals surface area contributed by atoms with E-state index in [1.165, 1.54) is 5.56 Å². The molecule has 19 heavy (non-hydrogen) atoms. The van der Waals surface area contributed by atoms with Gasteiger partial charge in [0.1, 0.15) is 17.2 Å². The molecule has 0 unspecified atom stereocenters. The van der Waals surface area contributed by atoms with Crippen LogP contribution in [0.3, 0.4) is 0 Å². The summed E-state index contributed by atoms with van der Waals surface area (Å²) in [6.45, 7) is 0.723. The van der Waals surface area contributed by atoms with Crippen molar-refractivity contribution >= 4 is 23.3 Å². The maximum Gasteiger partial charge on any atom is 0.134 e. The number of hydrogen-bond donors (Lipinski definition) is 2. The highest BCUT2D eigenvalue weighted by Gasteiger charge is 2.00. The summed E-state index contributed by atoms with van der Waals surface area (Å²) in [4.78, 5) is 8.37. The van der Waals surface area contributed by atoms with Crippen LogP contribution in [0.4, 0.5) is 11.5 Å². The Labute approximate surface area is 117 Å². The summed E-state index contributed by atoms with van der Waals surface area (Å²) < 4.78 is 0. The summed E-state index contributed by atoms with van der Waals surface area (Å²) in [7, 11) is 0. The highest BCUT2D eigenvalue weighted by Crippen LogP contribution is 2.19. The minimum Gasteiger partial charge on any atom is -0.340 e. The lowest BCUT2D eigenvalue weighted by Crippen LogP contribution is -2.01. The Morgan fingerprint density at radius 1 is 1.26 bits per heavy atom. The van der Waals surface area contributed by atoms with Crippen LogP contribution >= 0.6 is 11.8 Å². The molecule has 0 radical (unpaired) electrons. The minimum atomic E-state index is 0.723. The summed E-state index contributed by atoms with van der Waals surface area (Å²) in [5, 5.41) is 4.26. The number of nitrogens with two attached hydrogens (primary N) is 1. The molecule has 0 saturated carbocycles. The molecule has 1 heterocycles. The van der Waals surface area contributed by atoms with E-state index in [2.05, 4.69) is 27.4 Å². The Hall–Kier alpha value is -1.59. The molecule has 0 aliphatic rings. The molecule has 0 bridgehead atoms. The summed E-state index contributed by atoms with van der Waals surface area (Å²) in [6, 6.07) is 10.3. The molecule has 0 amide bonds. The molecule has 2 rings (SSSR count). The Kier molecular flexibility index (Phi) is 5.18. The SMILES string of the molecule is CSc1cc(Nc2cccc(CCCN)c2)ncn1. The first-order valence-electron chi connectivity index (χ1n) is 6.24. The predicted octanol–water partition coefficient (Wildman–Crippen LogP) is 2.83. The first kappa shape index (κ1) is 13.8. The minimum absolute atomic E-state index is 0.723. The molecule has 1 aromatic carbocycles. The quantitative estimate of drug-likeness (QED) is 0.626. The van der Waals surface area contributed by atoms with Crippen LogP contribution in [0.2, 0.25) is 0 Å². The van der Waals surface area contributed by atoms with Crippen LogP contribution in [0, 0.1) is 0 Å². The van der Waals surface area contributed by atoms with E-state index in [9.17, 15) is 0 Å². The molecule has 0 spiro atoms. The van der Waals surface area contributed by atoms with Crippen LogP contribution in [0.25, 0.3) is 0 Å². The third-order valence-corrected chi connectivity index (χ3v) is 3.36. The molecule has 100 valence electrons. The van der Waals surface area contributed by atoms with Crippen molar-refractivity contribution in [1.82, 2.24) is 9.97 Å². The zero-order chi connectivity index (χ0) is 13.5. The van der Waals surface area contributed by atoms with E-state index in [1.54, 1.807) is 18.1 Å².